The zero-order chi connectivity index (χ0) is 14.4. The maximum Gasteiger partial charge on any atom is 0.328 e. The summed E-state index contributed by atoms with van der Waals surface area (Å²) in [6, 6.07) is -2.90. The number of nitrogens with one attached hydrogen (secondary N) is 2. The minimum absolute atomic E-state index is 0.191. The van der Waals surface area contributed by atoms with E-state index in [0.717, 1.165) is 12.8 Å². The van der Waals surface area contributed by atoms with Crippen molar-refractivity contribution in [3.05, 3.63) is 0 Å². The molecule has 0 saturated carbocycles. The second kappa shape index (κ2) is 6.93. The molecule has 0 radical (unpaired) electrons. The molecule has 2 atom stereocenters. The highest BCUT2D eigenvalue weighted by molar-refractivity contribution is 5.88. The van der Waals surface area contributed by atoms with E-state index in [0.29, 0.717) is 13.1 Å². The van der Waals surface area contributed by atoms with Gasteiger partial charge in [0, 0.05) is 13.1 Å². The molecule has 1 aliphatic rings. The van der Waals surface area contributed by atoms with E-state index in [1.165, 1.54) is 6.92 Å². The van der Waals surface area contributed by atoms with Gasteiger partial charge in [-0.25, -0.2) is 9.59 Å². The lowest BCUT2D eigenvalue weighted by Gasteiger charge is -2.22. The van der Waals surface area contributed by atoms with E-state index in [9.17, 15) is 14.4 Å². The fourth-order valence-electron chi connectivity index (χ4n) is 1.86. The van der Waals surface area contributed by atoms with Crippen LogP contribution in [-0.4, -0.2) is 64.8 Å². The normalized spacial score (nSPS) is 17.7. The van der Waals surface area contributed by atoms with E-state index in [-0.39, 0.29) is 5.91 Å². The smallest absolute Gasteiger partial charge is 0.328 e. The molecule has 1 saturated heterocycles. The van der Waals surface area contributed by atoms with Crippen molar-refractivity contribution in [1.82, 2.24) is 15.5 Å². The molecule has 1 rings (SSSR count). The fraction of sp³-hybridized carbons (Fsp3) is 0.727. The Morgan fingerprint density at radius 3 is 2.26 bits per heavy atom. The van der Waals surface area contributed by atoms with Crippen molar-refractivity contribution in [3.8, 4) is 0 Å². The van der Waals surface area contributed by atoms with Gasteiger partial charge in [-0.05, 0) is 19.8 Å². The zero-order valence-electron chi connectivity index (χ0n) is 10.8. The number of hydrogen-bond donors (Lipinski definition) is 4. The molecule has 0 aliphatic carbocycles. The number of amides is 3. The fourth-order valence-corrected chi connectivity index (χ4v) is 1.86. The quantitative estimate of drug-likeness (QED) is 0.498. The molecule has 108 valence electrons. The van der Waals surface area contributed by atoms with Crippen molar-refractivity contribution < 1.29 is 24.6 Å². The van der Waals surface area contributed by atoms with Crippen molar-refractivity contribution in [2.75, 3.05) is 19.7 Å². The summed E-state index contributed by atoms with van der Waals surface area (Å²) in [4.78, 5) is 35.6. The van der Waals surface area contributed by atoms with E-state index in [1.54, 1.807) is 4.90 Å². The lowest BCUT2D eigenvalue weighted by molar-refractivity contribution is -0.140. The van der Waals surface area contributed by atoms with Crippen LogP contribution in [0.4, 0.5) is 4.79 Å². The van der Waals surface area contributed by atoms with Gasteiger partial charge in [-0.1, -0.05) is 0 Å². The van der Waals surface area contributed by atoms with Crippen LogP contribution in [0.25, 0.3) is 0 Å². The summed E-state index contributed by atoms with van der Waals surface area (Å²) in [6.45, 7) is 2.19. The minimum atomic E-state index is -1.38. The third-order valence-electron chi connectivity index (χ3n) is 2.92. The van der Waals surface area contributed by atoms with Crippen LogP contribution in [-0.2, 0) is 9.59 Å². The first-order valence-electron chi connectivity index (χ1n) is 6.15. The second-order valence-corrected chi connectivity index (χ2v) is 4.45. The number of urea groups is 1. The molecule has 0 aromatic rings. The molecule has 1 heterocycles. The summed E-state index contributed by atoms with van der Waals surface area (Å²) in [7, 11) is 0. The van der Waals surface area contributed by atoms with Crippen molar-refractivity contribution in [3.63, 3.8) is 0 Å². The molecule has 0 aromatic carbocycles. The largest absolute Gasteiger partial charge is 0.480 e. The number of likely N-dealkylation sites (tertiary alicyclic amines) is 1. The molecule has 4 N–H and O–H groups in total. The number of carboxylic acids is 1. The van der Waals surface area contributed by atoms with Crippen LogP contribution in [0.15, 0.2) is 0 Å². The number of carboxylic acid groups (broad SMARTS) is 1. The molecule has 0 bridgehead atoms. The van der Waals surface area contributed by atoms with Crippen molar-refractivity contribution in [2.24, 2.45) is 0 Å². The molecular formula is C11H19N3O5. The third kappa shape index (κ3) is 4.40. The van der Waals surface area contributed by atoms with Gasteiger partial charge < -0.3 is 25.7 Å². The van der Waals surface area contributed by atoms with Crippen molar-refractivity contribution >= 4 is 17.9 Å². The highest BCUT2D eigenvalue weighted by atomic mass is 16.4. The number of carbonyl (C=O) groups is 3. The molecule has 3 amide bonds. The van der Waals surface area contributed by atoms with E-state index >= 15 is 0 Å². The maximum absolute atomic E-state index is 11.9. The van der Waals surface area contributed by atoms with Crippen molar-refractivity contribution in [2.45, 2.75) is 31.8 Å². The van der Waals surface area contributed by atoms with Gasteiger partial charge in [0.1, 0.15) is 6.04 Å². The highest BCUT2D eigenvalue weighted by Gasteiger charge is 2.25. The molecule has 8 nitrogen and oxygen atoms in total. The summed E-state index contributed by atoms with van der Waals surface area (Å²) < 4.78 is 0. The summed E-state index contributed by atoms with van der Waals surface area (Å²) in [5.41, 5.74) is 0. The molecule has 19 heavy (non-hydrogen) atoms. The van der Waals surface area contributed by atoms with Gasteiger partial charge in [0.05, 0.1) is 6.61 Å². The van der Waals surface area contributed by atoms with E-state index in [4.69, 9.17) is 10.2 Å². The number of aliphatic hydroxyl groups excluding tert-OH is 1. The van der Waals surface area contributed by atoms with E-state index in [2.05, 4.69) is 10.6 Å². The predicted molar refractivity (Wildman–Crippen MR) is 65.5 cm³/mol. The first kappa shape index (κ1) is 15.2. The number of carbonyl (C=O) groups excluding carboxylic acids is 2. The minimum Gasteiger partial charge on any atom is -0.480 e. The molecule has 8 heteroatoms. The molecule has 1 fully saturated rings. The Morgan fingerprint density at radius 1 is 1.21 bits per heavy atom. The van der Waals surface area contributed by atoms with Gasteiger partial charge in [0.25, 0.3) is 0 Å². The molecule has 0 spiro atoms. The zero-order valence-corrected chi connectivity index (χ0v) is 10.8. The van der Waals surface area contributed by atoms with Crippen molar-refractivity contribution in [1.29, 1.82) is 0 Å². The monoisotopic (exact) mass is 273 g/mol. The van der Waals surface area contributed by atoms with Crippen LogP contribution in [0, 0.1) is 0 Å². The van der Waals surface area contributed by atoms with Gasteiger partial charge in [-0.2, -0.15) is 0 Å². The Kier molecular flexibility index (Phi) is 5.56. The van der Waals surface area contributed by atoms with Crippen LogP contribution in [0.1, 0.15) is 19.8 Å². The average Bonchev–Trinajstić information content (AvgIpc) is 2.88. The number of rotatable bonds is 5. The lowest BCUT2D eigenvalue weighted by Crippen LogP contribution is -2.53. The van der Waals surface area contributed by atoms with Gasteiger partial charge in [-0.3, -0.25) is 4.79 Å². The van der Waals surface area contributed by atoms with Crippen LogP contribution >= 0.6 is 0 Å². The number of aliphatic hydroxyl groups is 1. The summed E-state index contributed by atoms with van der Waals surface area (Å²) >= 11 is 0. The van der Waals surface area contributed by atoms with Gasteiger partial charge >= 0.3 is 12.0 Å². The second-order valence-electron chi connectivity index (χ2n) is 4.45. The predicted octanol–water partition coefficient (Wildman–Crippen LogP) is -1.26. The standard InChI is InChI=1S/C11H19N3O5/c1-7(9(16)14-4-2-3-5-14)12-11(19)13-8(6-15)10(17)18/h7-8,15H,2-6H2,1H3,(H,17,18)(H2,12,13,19)/t7?,8-/m0/s1. The molecule has 1 aliphatic heterocycles. The molecular weight excluding hydrogens is 254 g/mol. The SMILES string of the molecule is CC(NC(=O)N[C@@H](CO)C(=O)O)C(=O)N1CCCC1. The van der Waals surface area contributed by atoms with Crippen LogP contribution in [0.5, 0.6) is 0 Å². The number of nitrogens with zero attached hydrogens (tertiary/aromatic N) is 1. The first-order chi connectivity index (χ1) is 8.95. The van der Waals surface area contributed by atoms with Crippen LogP contribution in [0.2, 0.25) is 0 Å². The Morgan fingerprint density at radius 2 is 1.79 bits per heavy atom. The van der Waals surface area contributed by atoms with Gasteiger partial charge in [0.2, 0.25) is 5.91 Å². The van der Waals surface area contributed by atoms with E-state index in [1.807, 2.05) is 0 Å². The van der Waals surface area contributed by atoms with Gasteiger partial charge in [-0.15, -0.1) is 0 Å². The summed E-state index contributed by atoms with van der Waals surface area (Å²) in [6.07, 6.45) is 1.91. The number of hydrogen-bond acceptors (Lipinski definition) is 4. The third-order valence-corrected chi connectivity index (χ3v) is 2.92. The Balaban J connectivity index is 2.42. The maximum atomic E-state index is 11.9. The topological polar surface area (TPSA) is 119 Å². The first-order valence-corrected chi connectivity index (χ1v) is 6.15. The Bertz CT molecular complexity index is 354. The summed E-state index contributed by atoms with van der Waals surface area (Å²) in [5.74, 6) is -1.53. The summed E-state index contributed by atoms with van der Waals surface area (Å²) in [5, 5.41) is 21.9. The van der Waals surface area contributed by atoms with Crippen LogP contribution in [0.3, 0.4) is 0 Å². The molecule has 0 aromatic heterocycles. The van der Waals surface area contributed by atoms with Gasteiger partial charge in [0.15, 0.2) is 6.04 Å². The lowest BCUT2D eigenvalue weighted by atomic mass is 10.3. The van der Waals surface area contributed by atoms with Crippen LogP contribution < -0.4 is 10.6 Å². The van der Waals surface area contributed by atoms with E-state index < -0.39 is 30.7 Å². The number of aliphatic carboxylic acids is 1. The average molecular weight is 273 g/mol. The molecule has 1 unspecified atom stereocenters. The highest BCUT2D eigenvalue weighted by Crippen LogP contribution is 2.08. The Hall–Kier alpha value is -1.83. The Labute approximate surface area is 110 Å².